The highest BCUT2D eigenvalue weighted by Gasteiger charge is 2.13. The van der Waals surface area contributed by atoms with Crippen LogP contribution in [0.4, 0.5) is 4.39 Å². The Kier molecular flexibility index (Phi) is 5.21. The molecule has 0 radical (unpaired) electrons. The van der Waals surface area contributed by atoms with Gasteiger partial charge in [0.25, 0.3) is 0 Å². The van der Waals surface area contributed by atoms with Crippen LogP contribution in [0.2, 0.25) is 0 Å². The number of tetrazole rings is 1. The average molecular weight is 293 g/mol. The van der Waals surface area contributed by atoms with E-state index >= 15 is 0 Å². The normalized spacial score (nSPS) is 12.4. The standard InChI is InChI=1S/C14H20FN5O/c1-4-7-16-10(2)12-6-5-11(15)8-13(12)21-9-14-17-19-20(3)18-14/h5-6,8,10,16H,4,7,9H2,1-3H3. The fraction of sp³-hybridized carbons (Fsp3) is 0.500. The smallest absolute Gasteiger partial charge is 0.212 e. The lowest BCUT2D eigenvalue weighted by atomic mass is 10.1. The lowest BCUT2D eigenvalue weighted by Gasteiger charge is -2.17. The van der Waals surface area contributed by atoms with E-state index in [1.54, 1.807) is 13.1 Å². The van der Waals surface area contributed by atoms with E-state index in [-0.39, 0.29) is 18.5 Å². The van der Waals surface area contributed by atoms with Gasteiger partial charge in [0.1, 0.15) is 11.6 Å². The monoisotopic (exact) mass is 293 g/mol. The van der Waals surface area contributed by atoms with E-state index in [4.69, 9.17) is 4.74 Å². The minimum atomic E-state index is -0.330. The molecule has 0 bridgehead atoms. The molecule has 0 aliphatic rings. The highest BCUT2D eigenvalue weighted by atomic mass is 19.1. The molecule has 21 heavy (non-hydrogen) atoms. The van der Waals surface area contributed by atoms with Gasteiger partial charge in [0.2, 0.25) is 5.82 Å². The van der Waals surface area contributed by atoms with Crippen LogP contribution >= 0.6 is 0 Å². The lowest BCUT2D eigenvalue weighted by Crippen LogP contribution is -2.20. The minimum absolute atomic E-state index is 0.0790. The van der Waals surface area contributed by atoms with Crippen molar-refractivity contribution in [3.63, 3.8) is 0 Å². The number of benzene rings is 1. The lowest BCUT2D eigenvalue weighted by molar-refractivity contribution is 0.287. The predicted octanol–water partition coefficient (Wildman–Crippen LogP) is 1.99. The van der Waals surface area contributed by atoms with Gasteiger partial charge in [0.15, 0.2) is 6.61 Å². The summed E-state index contributed by atoms with van der Waals surface area (Å²) in [6.45, 7) is 5.17. The molecule has 0 saturated carbocycles. The number of rotatable bonds is 7. The van der Waals surface area contributed by atoms with Crippen molar-refractivity contribution in [3.8, 4) is 5.75 Å². The molecular weight excluding hydrogens is 273 g/mol. The van der Waals surface area contributed by atoms with E-state index in [9.17, 15) is 4.39 Å². The van der Waals surface area contributed by atoms with Gasteiger partial charge in [-0.05, 0) is 31.2 Å². The molecule has 114 valence electrons. The molecule has 0 spiro atoms. The first kappa shape index (κ1) is 15.4. The van der Waals surface area contributed by atoms with Gasteiger partial charge in [-0.2, -0.15) is 4.80 Å². The second kappa shape index (κ2) is 7.12. The van der Waals surface area contributed by atoms with Crippen LogP contribution in [-0.4, -0.2) is 26.8 Å². The van der Waals surface area contributed by atoms with E-state index in [1.807, 2.05) is 6.92 Å². The second-order valence-corrected chi connectivity index (χ2v) is 4.84. The number of halogens is 1. The third kappa shape index (κ3) is 4.22. The molecule has 2 rings (SSSR count). The van der Waals surface area contributed by atoms with Gasteiger partial charge in [-0.25, -0.2) is 4.39 Å². The number of ether oxygens (including phenoxy) is 1. The average Bonchev–Trinajstić information content (AvgIpc) is 2.88. The Morgan fingerprint density at radius 1 is 1.43 bits per heavy atom. The van der Waals surface area contributed by atoms with E-state index in [1.165, 1.54) is 16.9 Å². The van der Waals surface area contributed by atoms with E-state index in [2.05, 4.69) is 27.7 Å². The summed E-state index contributed by atoms with van der Waals surface area (Å²) in [4.78, 5) is 1.36. The molecule has 1 aromatic heterocycles. The topological polar surface area (TPSA) is 64.9 Å². The summed E-state index contributed by atoms with van der Waals surface area (Å²) in [7, 11) is 1.68. The van der Waals surface area contributed by atoms with Crippen molar-refractivity contribution >= 4 is 0 Å². The van der Waals surface area contributed by atoms with Crippen molar-refractivity contribution in [1.82, 2.24) is 25.5 Å². The molecule has 7 heteroatoms. The third-order valence-electron chi connectivity index (χ3n) is 3.05. The number of hydrogen-bond donors (Lipinski definition) is 1. The molecule has 0 saturated heterocycles. The molecule has 1 N–H and O–H groups in total. The first-order valence-corrected chi connectivity index (χ1v) is 6.98. The Balaban J connectivity index is 2.10. The molecule has 0 fully saturated rings. The van der Waals surface area contributed by atoms with E-state index < -0.39 is 0 Å². The van der Waals surface area contributed by atoms with Crippen LogP contribution in [0.1, 0.15) is 37.7 Å². The Morgan fingerprint density at radius 3 is 2.90 bits per heavy atom. The molecule has 1 aromatic carbocycles. The van der Waals surface area contributed by atoms with Gasteiger partial charge in [-0.15, -0.1) is 10.2 Å². The summed E-state index contributed by atoms with van der Waals surface area (Å²) in [5.74, 6) is 0.629. The molecule has 2 aromatic rings. The van der Waals surface area contributed by atoms with Crippen molar-refractivity contribution in [1.29, 1.82) is 0 Å². The predicted molar refractivity (Wildman–Crippen MR) is 76.2 cm³/mol. The molecular formula is C14H20FN5O. The van der Waals surface area contributed by atoms with Crippen molar-refractivity contribution in [2.75, 3.05) is 6.54 Å². The number of nitrogens with one attached hydrogen (secondary N) is 1. The van der Waals surface area contributed by atoms with Crippen LogP contribution in [0.25, 0.3) is 0 Å². The van der Waals surface area contributed by atoms with Gasteiger partial charge in [-0.1, -0.05) is 13.0 Å². The largest absolute Gasteiger partial charge is 0.485 e. The number of hydrogen-bond acceptors (Lipinski definition) is 5. The van der Waals surface area contributed by atoms with Crippen LogP contribution in [0.15, 0.2) is 18.2 Å². The maximum atomic E-state index is 13.4. The summed E-state index contributed by atoms with van der Waals surface area (Å²) in [6, 6.07) is 4.64. The first-order valence-electron chi connectivity index (χ1n) is 6.98. The van der Waals surface area contributed by atoms with Crippen molar-refractivity contribution in [2.45, 2.75) is 32.9 Å². The maximum absolute atomic E-state index is 13.4. The van der Waals surface area contributed by atoms with Gasteiger partial charge in [0, 0.05) is 17.7 Å². The summed E-state index contributed by atoms with van der Waals surface area (Å²) < 4.78 is 19.1. The van der Waals surface area contributed by atoms with Crippen LogP contribution in [0.3, 0.4) is 0 Å². The number of nitrogens with zero attached hydrogens (tertiary/aromatic N) is 4. The maximum Gasteiger partial charge on any atom is 0.212 e. The fourth-order valence-electron chi connectivity index (χ4n) is 1.99. The fourth-order valence-corrected chi connectivity index (χ4v) is 1.99. The van der Waals surface area contributed by atoms with Crippen molar-refractivity contribution in [2.24, 2.45) is 7.05 Å². The van der Waals surface area contributed by atoms with Gasteiger partial charge in [-0.3, -0.25) is 0 Å². The van der Waals surface area contributed by atoms with Gasteiger partial charge < -0.3 is 10.1 Å². The Bertz CT molecular complexity index is 586. The van der Waals surface area contributed by atoms with Gasteiger partial charge >= 0.3 is 0 Å². The van der Waals surface area contributed by atoms with Crippen LogP contribution in [0.5, 0.6) is 5.75 Å². The highest BCUT2D eigenvalue weighted by Crippen LogP contribution is 2.26. The zero-order chi connectivity index (χ0) is 15.2. The molecule has 1 atom stereocenters. The van der Waals surface area contributed by atoms with Crippen LogP contribution in [0, 0.1) is 5.82 Å². The molecule has 1 unspecified atom stereocenters. The summed E-state index contributed by atoms with van der Waals surface area (Å²) in [6.07, 6.45) is 1.03. The summed E-state index contributed by atoms with van der Waals surface area (Å²) >= 11 is 0. The molecule has 0 amide bonds. The molecule has 0 aliphatic carbocycles. The van der Waals surface area contributed by atoms with Crippen molar-refractivity contribution in [3.05, 3.63) is 35.4 Å². The Hall–Kier alpha value is -2.02. The third-order valence-corrected chi connectivity index (χ3v) is 3.05. The Morgan fingerprint density at radius 2 is 2.24 bits per heavy atom. The zero-order valence-electron chi connectivity index (χ0n) is 12.5. The second-order valence-electron chi connectivity index (χ2n) is 4.84. The van der Waals surface area contributed by atoms with Crippen LogP contribution < -0.4 is 10.1 Å². The van der Waals surface area contributed by atoms with Gasteiger partial charge in [0.05, 0.1) is 7.05 Å². The molecule has 6 nitrogen and oxygen atoms in total. The van der Waals surface area contributed by atoms with Crippen molar-refractivity contribution < 1.29 is 9.13 Å². The molecule has 0 aliphatic heterocycles. The molecule has 1 heterocycles. The van der Waals surface area contributed by atoms with Crippen LogP contribution in [-0.2, 0) is 13.7 Å². The zero-order valence-corrected chi connectivity index (χ0v) is 12.5. The first-order chi connectivity index (χ1) is 10.1. The Labute approximate surface area is 123 Å². The SMILES string of the molecule is CCCNC(C)c1ccc(F)cc1OCc1nnn(C)n1. The number of aromatic nitrogens is 4. The minimum Gasteiger partial charge on any atom is -0.485 e. The number of aryl methyl sites for hydroxylation is 1. The highest BCUT2D eigenvalue weighted by molar-refractivity contribution is 5.36. The quantitative estimate of drug-likeness (QED) is 0.845. The van der Waals surface area contributed by atoms with E-state index in [0.29, 0.717) is 11.6 Å². The summed E-state index contributed by atoms with van der Waals surface area (Å²) in [5, 5.41) is 15.0. The summed E-state index contributed by atoms with van der Waals surface area (Å²) in [5.41, 5.74) is 0.911. The van der Waals surface area contributed by atoms with E-state index in [0.717, 1.165) is 18.5 Å².